The highest BCUT2D eigenvalue weighted by Crippen LogP contribution is 2.23. The number of aliphatic imine (C=N–C) groups is 1. The summed E-state index contributed by atoms with van der Waals surface area (Å²) in [5.41, 5.74) is 1.40. The van der Waals surface area contributed by atoms with Crippen LogP contribution in [0.25, 0.3) is 16.6 Å². The van der Waals surface area contributed by atoms with E-state index in [1.54, 1.807) is 17.0 Å². The average molecular weight is 269 g/mol. The highest BCUT2D eigenvalue weighted by Gasteiger charge is 2.09. The third-order valence-electron chi connectivity index (χ3n) is 3.15. The van der Waals surface area contributed by atoms with Crippen molar-refractivity contribution in [2.24, 2.45) is 4.99 Å². The largest absolute Gasteiger partial charge is 0.363 e. The average Bonchev–Trinajstić information content (AvgIpc) is 2.96. The van der Waals surface area contributed by atoms with Crippen LogP contribution in [0.4, 0.5) is 5.82 Å². The predicted molar refractivity (Wildman–Crippen MR) is 77.2 cm³/mol. The number of fused-ring (bicyclic) bond motifs is 3. The zero-order chi connectivity index (χ0) is 13.9. The van der Waals surface area contributed by atoms with Gasteiger partial charge in [0.1, 0.15) is 11.8 Å². The molecule has 3 aromatic heterocycles. The van der Waals surface area contributed by atoms with Crippen molar-refractivity contribution < 1.29 is 0 Å². The van der Waals surface area contributed by atoms with Gasteiger partial charge in [0.2, 0.25) is 5.65 Å². The maximum absolute atomic E-state index is 4.48. The molecule has 0 atom stereocenters. The molecule has 20 heavy (non-hydrogen) atoms. The summed E-state index contributed by atoms with van der Waals surface area (Å²) in [6.07, 6.45) is 5.10. The van der Waals surface area contributed by atoms with Crippen molar-refractivity contribution in [1.82, 2.24) is 29.7 Å². The lowest BCUT2D eigenvalue weighted by Crippen LogP contribution is -2.20. The number of hydrogen-bond donors (Lipinski definition) is 0. The Morgan fingerprint density at radius 3 is 3.00 bits per heavy atom. The molecule has 0 saturated carbocycles. The molecule has 102 valence electrons. The van der Waals surface area contributed by atoms with Gasteiger partial charge in [-0.3, -0.25) is 4.98 Å². The van der Waals surface area contributed by atoms with Crippen molar-refractivity contribution >= 4 is 28.7 Å². The van der Waals surface area contributed by atoms with Crippen molar-refractivity contribution in [3.63, 3.8) is 0 Å². The molecule has 3 heterocycles. The van der Waals surface area contributed by atoms with Crippen LogP contribution in [0.1, 0.15) is 13.8 Å². The summed E-state index contributed by atoms with van der Waals surface area (Å²) in [5, 5.41) is 13.2. The first-order chi connectivity index (χ1) is 9.83. The van der Waals surface area contributed by atoms with Crippen molar-refractivity contribution in [3.8, 4) is 0 Å². The van der Waals surface area contributed by atoms with Gasteiger partial charge in [0.25, 0.3) is 0 Å². The Labute approximate surface area is 116 Å². The maximum Gasteiger partial charge on any atom is 0.203 e. The number of hydrogen-bond acceptors (Lipinski definition) is 5. The minimum Gasteiger partial charge on any atom is -0.363 e. The lowest BCUT2D eigenvalue weighted by Gasteiger charge is -2.13. The zero-order valence-corrected chi connectivity index (χ0v) is 11.4. The monoisotopic (exact) mass is 269 g/mol. The minimum absolute atomic E-state index is 0.618. The van der Waals surface area contributed by atoms with Crippen molar-refractivity contribution in [2.45, 2.75) is 13.8 Å². The van der Waals surface area contributed by atoms with E-state index in [9.17, 15) is 0 Å². The molecule has 0 saturated heterocycles. The zero-order valence-electron chi connectivity index (χ0n) is 11.4. The van der Waals surface area contributed by atoms with Gasteiger partial charge < -0.3 is 4.90 Å². The van der Waals surface area contributed by atoms with Crippen LogP contribution in [-0.4, -0.2) is 49.1 Å². The van der Waals surface area contributed by atoms with E-state index < -0.39 is 0 Å². The van der Waals surface area contributed by atoms with E-state index in [4.69, 9.17) is 0 Å². The second-order valence-electron chi connectivity index (χ2n) is 4.29. The van der Waals surface area contributed by atoms with Gasteiger partial charge >= 0.3 is 0 Å². The van der Waals surface area contributed by atoms with Crippen LogP contribution in [0, 0.1) is 0 Å². The van der Waals surface area contributed by atoms with E-state index >= 15 is 0 Å². The number of aromatic nitrogens is 5. The van der Waals surface area contributed by atoms with E-state index in [1.807, 2.05) is 18.5 Å². The van der Waals surface area contributed by atoms with Crippen LogP contribution in [-0.2, 0) is 0 Å². The van der Waals surface area contributed by atoms with E-state index in [0.717, 1.165) is 24.0 Å². The molecule has 0 spiro atoms. The molecule has 0 fully saturated rings. The molecule has 0 N–H and O–H groups in total. The van der Waals surface area contributed by atoms with Crippen LogP contribution in [0.3, 0.4) is 0 Å². The van der Waals surface area contributed by atoms with Crippen LogP contribution < -0.4 is 0 Å². The van der Waals surface area contributed by atoms with Gasteiger partial charge in [0, 0.05) is 19.3 Å². The fourth-order valence-electron chi connectivity index (χ4n) is 2.00. The quantitative estimate of drug-likeness (QED) is 0.532. The smallest absolute Gasteiger partial charge is 0.203 e. The molecule has 0 unspecified atom stereocenters. The summed E-state index contributed by atoms with van der Waals surface area (Å²) < 4.78 is 1.60. The maximum atomic E-state index is 4.48. The molecule has 0 aromatic carbocycles. The molecule has 7 nitrogen and oxygen atoms in total. The Morgan fingerprint density at radius 1 is 1.35 bits per heavy atom. The first-order valence-electron chi connectivity index (χ1n) is 6.56. The Balaban J connectivity index is 2.17. The lowest BCUT2D eigenvalue weighted by molar-refractivity contribution is 0.479. The topological polar surface area (TPSA) is 71.6 Å². The fraction of sp³-hybridized carbons (Fsp3) is 0.308. The summed E-state index contributed by atoms with van der Waals surface area (Å²) in [6.45, 7) is 5.99. The second kappa shape index (κ2) is 5.20. The van der Waals surface area contributed by atoms with Crippen LogP contribution in [0.2, 0.25) is 0 Å². The van der Waals surface area contributed by atoms with Gasteiger partial charge in [0.05, 0.1) is 11.7 Å². The van der Waals surface area contributed by atoms with E-state index in [-0.39, 0.29) is 0 Å². The molecule has 3 rings (SSSR count). The Kier molecular flexibility index (Phi) is 3.24. The molecule has 0 radical (unpaired) electrons. The fourth-order valence-corrected chi connectivity index (χ4v) is 2.00. The Hall–Kier alpha value is -2.57. The Bertz CT molecular complexity index is 758. The van der Waals surface area contributed by atoms with E-state index in [0.29, 0.717) is 11.5 Å². The van der Waals surface area contributed by atoms with Crippen LogP contribution in [0.15, 0.2) is 29.6 Å². The van der Waals surface area contributed by atoms with Gasteiger partial charge in [-0.1, -0.05) is 0 Å². The summed E-state index contributed by atoms with van der Waals surface area (Å²) >= 11 is 0. The predicted octanol–water partition coefficient (Wildman–Crippen LogP) is 1.67. The summed E-state index contributed by atoms with van der Waals surface area (Å²) in [5.74, 6) is 0.618. The normalized spacial score (nSPS) is 11.7. The number of pyridine rings is 1. The molecular weight excluding hydrogens is 254 g/mol. The Morgan fingerprint density at radius 2 is 2.20 bits per heavy atom. The van der Waals surface area contributed by atoms with Crippen LogP contribution in [0.5, 0.6) is 0 Å². The lowest BCUT2D eigenvalue weighted by atomic mass is 10.3. The third-order valence-corrected chi connectivity index (χ3v) is 3.15. The van der Waals surface area contributed by atoms with Gasteiger partial charge in [-0.25, -0.2) is 4.99 Å². The van der Waals surface area contributed by atoms with Gasteiger partial charge in [-0.15, -0.1) is 15.3 Å². The summed E-state index contributed by atoms with van der Waals surface area (Å²) in [4.78, 5) is 10.9. The first kappa shape index (κ1) is 12.5. The van der Waals surface area contributed by atoms with E-state index in [2.05, 4.69) is 44.0 Å². The third kappa shape index (κ3) is 2.07. The van der Waals surface area contributed by atoms with Crippen molar-refractivity contribution in [3.05, 3.63) is 24.7 Å². The van der Waals surface area contributed by atoms with Gasteiger partial charge in [-0.2, -0.15) is 4.52 Å². The first-order valence-corrected chi connectivity index (χ1v) is 6.56. The molecule has 0 amide bonds. The summed E-state index contributed by atoms with van der Waals surface area (Å²) in [6, 6.07) is 3.81. The SMILES string of the molecule is CCN(C=Nc1nn2cnnc2c2ncccc12)CC. The molecular formula is C13H15N7. The number of nitrogens with zero attached hydrogens (tertiary/aromatic N) is 7. The summed E-state index contributed by atoms with van der Waals surface area (Å²) in [7, 11) is 0. The highest BCUT2D eigenvalue weighted by atomic mass is 15.4. The molecule has 0 aliphatic heterocycles. The molecule has 0 aliphatic rings. The van der Waals surface area contributed by atoms with Gasteiger partial charge in [-0.05, 0) is 26.0 Å². The van der Waals surface area contributed by atoms with Crippen LogP contribution >= 0.6 is 0 Å². The standard InChI is InChI=1S/C13H15N7/c1-3-19(4-2)8-15-12-10-6-5-7-14-11(10)13-17-16-9-20(13)18-12/h5-9H,3-4H2,1-2H3. The highest BCUT2D eigenvalue weighted by molar-refractivity contribution is 5.96. The van der Waals surface area contributed by atoms with Crippen molar-refractivity contribution in [2.75, 3.05) is 13.1 Å². The molecule has 0 aliphatic carbocycles. The minimum atomic E-state index is 0.618. The molecule has 3 aromatic rings. The number of rotatable bonds is 4. The van der Waals surface area contributed by atoms with E-state index in [1.165, 1.54) is 0 Å². The van der Waals surface area contributed by atoms with Gasteiger partial charge in [0.15, 0.2) is 5.82 Å². The molecule has 0 bridgehead atoms. The second-order valence-corrected chi connectivity index (χ2v) is 4.29. The van der Waals surface area contributed by atoms with Crippen molar-refractivity contribution in [1.29, 1.82) is 0 Å². The molecule has 7 heteroatoms.